The van der Waals surface area contributed by atoms with Gasteiger partial charge in [0.15, 0.2) is 0 Å². The lowest BCUT2D eigenvalue weighted by molar-refractivity contribution is -0.152. The van der Waals surface area contributed by atoms with E-state index < -0.39 is 0 Å². The molecule has 0 spiro atoms. The monoisotopic (exact) mass is 286 g/mol. The smallest absolute Gasteiger partial charge is 0.305 e. The largest absolute Gasteiger partial charge is 0.462 e. The summed E-state index contributed by atoms with van der Waals surface area (Å²) in [6, 6.07) is 0. The molecular weight excluding hydrogens is 256 g/mol. The van der Waals surface area contributed by atoms with Gasteiger partial charge in [-0.05, 0) is 12.8 Å². The van der Waals surface area contributed by atoms with Gasteiger partial charge in [-0.15, -0.1) is 0 Å². The van der Waals surface area contributed by atoms with Gasteiger partial charge in [0.05, 0.1) is 0 Å². The number of hydrogen-bond acceptors (Lipinski definition) is 4. The number of rotatable bonds is 0. The molecule has 1 heterocycles. The Bertz CT molecular complexity index is 237. The van der Waals surface area contributed by atoms with E-state index >= 15 is 0 Å². The van der Waals surface area contributed by atoms with Crippen molar-refractivity contribution in [3.8, 4) is 0 Å². The molecular formula is C16H30O4. The zero-order valence-electron chi connectivity index (χ0n) is 11.8. The van der Waals surface area contributed by atoms with Gasteiger partial charge in [-0.2, -0.15) is 0 Å². The van der Waals surface area contributed by atoms with Crippen LogP contribution in [0, 0.1) is 0 Å². The molecule has 118 valence electrons. The van der Waals surface area contributed by atoms with E-state index in [9.17, 15) is 9.59 Å². The summed E-state index contributed by atoms with van der Waals surface area (Å²) in [7, 11) is 0. The Labute approximate surface area is 123 Å². The summed E-state index contributed by atoms with van der Waals surface area (Å²) in [6.07, 6.45) is 11.1. The van der Waals surface area contributed by atoms with E-state index in [1.54, 1.807) is 0 Å². The van der Waals surface area contributed by atoms with Gasteiger partial charge in [0.1, 0.15) is 13.2 Å². The lowest BCUT2D eigenvalue weighted by Gasteiger charge is -2.06. The Morgan fingerprint density at radius 1 is 0.550 bits per heavy atom. The summed E-state index contributed by atoms with van der Waals surface area (Å²) in [5.41, 5.74) is 0. The number of hydrogen-bond donors (Lipinski definition) is 0. The first kappa shape index (κ1) is 18.9. The van der Waals surface area contributed by atoms with E-state index in [-0.39, 0.29) is 32.6 Å². The molecule has 1 aliphatic rings. The minimum atomic E-state index is -0.180. The second kappa shape index (κ2) is 12.9. The predicted molar refractivity (Wildman–Crippen MR) is 79.4 cm³/mol. The number of cyclic esters (lactones) is 2. The number of esters is 2. The molecule has 1 aliphatic heterocycles. The molecule has 4 heteroatoms. The average Bonchev–Trinajstić information content (AvgIpc) is 2.40. The van der Waals surface area contributed by atoms with Crippen molar-refractivity contribution in [3.63, 3.8) is 0 Å². The SMILES string of the molecule is C.O=C1CCCCCCCCCCCC(=O)OCCO1. The van der Waals surface area contributed by atoms with Crippen molar-refractivity contribution in [1.29, 1.82) is 0 Å². The third-order valence-electron chi connectivity index (χ3n) is 3.37. The normalized spacial score (nSPS) is 21.0. The molecule has 0 saturated carbocycles. The van der Waals surface area contributed by atoms with Gasteiger partial charge in [0.2, 0.25) is 0 Å². The first-order valence-electron chi connectivity index (χ1n) is 7.60. The van der Waals surface area contributed by atoms with Crippen LogP contribution in [0.5, 0.6) is 0 Å². The average molecular weight is 286 g/mol. The van der Waals surface area contributed by atoms with E-state index in [4.69, 9.17) is 9.47 Å². The van der Waals surface area contributed by atoms with Crippen LogP contribution in [0.25, 0.3) is 0 Å². The molecule has 20 heavy (non-hydrogen) atoms. The van der Waals surface area contributed by atoms with E-state index in [0.717, 1.165) is 25.7 Å². The van der Waals surface area contributed by atoms with Gasteiger partial charge in [-0.3, -0.25) is 9.59 Å². The second-order valence-electron chi connectivity index (χ2n) is 5.12. The Kier molecular flexibility index (Phi) is 12.3. The lowest BCUT2D eigenvalue weighted by atomic mass is 10.1. The zero-order chi connectivity index (χ0) is 13.8. The van der Waals surface area contributed by atoms with Crippen molar-refractivity contribution in [2.45, 2.75) is 78.1 Å². The second-order valence-corrected chi connectivity index (χ2v) is 5.12. The fraction of sp³-hybridized carbons (Fsp3) is 0.875. The summed E-state index contributed by atoms with van der Waals surface area (Å²) in [6.45, 7) is 0.370. The predicted octanol–water partition coefficient (Wildman–Crippen LogP) is 4.01. The van der Waals surface area contributed by atoms with Crippen molar-refractivity contribution in [1.82, 2.24) is 0 Å². The molecule has 1 saturated heterocycles. The molecule has 0 aliphatic carbocycles. The van der Waals surface area contributed by atoms with Gasteiger partial charge >= 0.3 is 11.9 Å². The highest BCUT2D eigenvalue weighted by Gasteiger charge is 2.06. The highest BCUT2D eigenvalue weighted by Crippen LogP contribution is 2.12. The first-order chi connectivity index (χ1) is 9.29. The fourth-order valence-corrected chi connectivity index (χ4v) is 2.23. The summed E-state index contributed by atoms with van der Waals surface area (Å²) in [5.74, 6) is -0.360. The third-order valence-corrected chi connectivity index (χ3v) is 3.37. The Hall–Kier alpha value is -1.06. The molecule has 0 amide bonds. The number of ether oxygens (including phenoxy) is 2. The van der Waals surface area contributed by atoms with Gasteiger partial charge < -0.3 is 9.47 Å². The number of carbonyl (C=O) groups is 2. The Morgan fingerprint density at radius 2 is 0.850 bits per heavy atom. The molecule has 0 N–H and O–H groups in total. The molecule has 0 aromatic rings. The Balaban J connectivity index is 0.00000361. The van der Waals surface area contributed by atoms with Crippen molar-refractivity contribution in [2.24, 2.45) is 0 Å². The zero-order valence-corrected chi connectivity index (χ0v) is 11.8. The number of carbonyl (C=O) groups excluding carboxylic acids is 2. The fourth-order valence-electron chi connectivity index (χ4n) is 2.23. The molecule has 1 fully saturated rings. The van der Waals surface area contributed by atoms with Crippen LogP contribution >= 0.6 is 0 Å². The van der Waals surface area contributed by atoms with E-state index in [2.05, 4.69) is 0 Å². The van der Waals surface area contributed by atoms with Crippen molar-refractivity contribution in [2.75, 3.05) is 13.2 Å². The first-order valence-corrected chi connectivity index (χ1v) is 7.60. The summed E-state index contributed by atoms with van der Waals surface area (Å²) in [4.78, 5) is 22.7. The maximum absolute atomic E-state index is 11.3. The van der Waals surface area contributed by atoms with Crippen LogP contribution < -0.4 is 0 Å². The summed E-state index contributed by atoms with van der Waals surface area (Å²) >= 11 is 0. The van der Waals surface area contributed by atoms with Crippen LogP contribution in [0.15, 0.2) is 0 Å². The van der Waals surface area contributed by atoms with Gasteiger partial charge in [-0.25, -0.2) is 0 Å². The lowest BCUT2D eigenvalue weighted by Crippen LogP contribution is -2.13. The van der Waals surface area contributed by atoms with Gasteiger partial charge in [-0.1, -0.05) is 52.4 Å². The molecule has 4 nitrogen and oxygen atoms in total. The molecule has 0 bridgehead atoms. The third kappa shape index (κ3) is 10.8. The summed E-state index contributed by atoms with van der Waals surface area (Å²) < 4.78 is 10.00. The minimum Gasteiger partial charge on any atom is -0.462 e. The standard InChI is InChI=1S/C15H26O4.CH4/c16-14-10-8-6-4-2-1-3-5-7-9-11-15(17)19-13-12-18-14;/h1-13H2;1H4. The van der Waals surface area contributed by atoms with Crippen molar-refractivity contribution >= 4 is 11.9 Å². The van der Waals surface area contributed by atoms with Crippen molar-refractivity contribution < 1.29 is 19.1 Å². The van der Waals surface area contributed by atoms with Crippen molar-refractivity contribution in [3.05, 3.63) is 0 Å². The minimum absolute atomic E-state index is 0. The molecule has 0 aromatic heterocycles. The topological polar surface area (TPSA) is 52.6 Å². The maximum Gasteiger partial charge on any atom is 0.305 e. The van der Waals surface area contributed by atoms with Gasteiger partial charge in [0, 0.05) is 12.8 Å². The van der Waals surface area contributed by atoms with Crippen LogP contribution in [0.4, 0.5) is 0 Å². The van der Waals surface area contributed by atoms with Crippen LogP contribution in [0.2, 0.25) is 0 Å². The quantitative estimate of drug-likeness (QED) is 0.631. The molecule has 0 atom stereocenters. The van der Waals surface area contributed by atoms with Crippen LogP contribution in [-0.2, 0) is 19.1 Å². The summed E-state index contributed by atoms with van der Waals surface area (Å²) in [5, 5.41) is 0. The van der Waals surface area contributed by atoms with Gasteiger partial charge in [0.25, 0.3) is 0 Å². The molecule has 0 unspecified atom stereocenters. The molecule has 1 rings (SSSR count). The highest BCUT2D eigenvalue weighted by molar-refractivity contribution is 5.70. The van der Waals surface area contributed by atoms with E-state index in [1.807, 2.05) is 0 Å². The maximum atomic E-state index is 11.3. The van der Waals surface area contributed by atoms with E-state index in [0.29, 0.717) is 12.8 Å². The molecule has 0 radical (unpaired) electrons. The van der Waals surface area contributed by atoms with E-state index in [1.165, 1.54) is 32.1 Å². The van der Waals surface area contributed by atoms with Crippen LogP contribution in [-0.4, -0.2) is 25.2 Å². The van der Waals surface area contributed by atoms with Crippen LogP contribution in [0.3, 0.4) is 0 Å². The highest BCUT2D eigenvalue weighted by atomic mass is 16.6. The van der Waals surface area contributed by atoms with Crippen LogP contribution in [0.1, 0.15) is 78.1 Å². The Morgan fingerprint density at radius 3 is 1.20 bits per heavy atom. The molecule has 0 aromatic carbocycles.